The number of fused-ring (bicyclic) bond motifs is 1. The molecule has 0 radical (unpaired) electrons. The molecule has 0 fully saturated rings. The Morgan fingerprint density at radius 1 is 1.06 bits per heavy atom. The second-order valence-electron chi connectivity index (χ2n) is 8.36. The van der Waals surface area contributed by atoms with E-state index in [-0.39, 0.29) is 0 Å². The fourth-order valence-corrected chi connectivity index (χ4v) is 5.00. The number of rotatable bonds is 6. The molecule has 1 aliphatic carbocycles. The molecule has 0 spiro atoms. The molecule has 166 valence electrons. The number of aromatic nitrogens is 4. The summed E-state index contributed by atoms with van der Waals surface area (Å²) in [5.41, 5.74) is 8.55. The van der Waals surface area contributed by atoms with Gasteiger partial charge >= 0.3 is 0 Å². The first-order valence-corrected chi connectivity index (χ1v) is 11.5. The lowest BCUT2D eigenvalue weighted by Crippen LogP contribution is -2.13. The Morgan fingerprint density at radius 3 is 2.55 bits per heavy atom. The summed E-state index contributed by atoms with van der Waals surface area (Å²) in [6, 6.07) is 18.2. The van der Waals surface area contributed by atoms with Crippen molar-refractivity contribution in [1.29, 1.82) is 5.26 Å². The number of methoxy groups -OCH3 is 1. The minimum absolute atomic E-state index is 0.315. The molecule has 4 aromatic rings. The van der Waals surface area contributed by atoms with E-state index in [4.69, 9.17) is 9.84 Å². The fraction of sp³-hybridized carbons (Fsp3) is 0.296. The third kappa shape index (κ3) is 3.50. The summed E-state index contributed by atoms with van der Waals surface area (Å²) >= 11 is 0. The molecule has 1 atom stereocenters. The van der Waals surface area contributed by atoms with Crippen LogP contribution in [0.25, 0.3) is 16.9 Å². The molecule has 6 heteroatoms. The van der Waals surface area contributed by atoms with Crippen molar-refractivity contribution in [2.45, 2.75) is 45.6 Å². The van der Waals surface area contributed by atoms with Crippen LogP contribution >= 0.6 is 0 Å². The zero-order valence-electron chi connectivity index (χ0n) is 19.2. The van der Waals surface area contributed by atoms with Gasteiger partial charge in [0.25, 0.3) is 0 Å². The van der Waals surface area contributed by atoms with Crippen molar-refractivity contribution in [1.82, 2.24) is 19.3 Å². The number of aryl methyl sites for hydroxylation is 1. The van der Waals surface area contributed by atoms with E-state index in [0.29, 0.717) is 11.6 Å². The number of imidazole rings is 1. The highest BCUT2D eigenvalue weighted by molar-refractivity contribution is 5.70. The predicted octanol–water partition coefficient (Wildman–Crippen LogP) is 5.08. The Kier molecular flexibility index (Phi) is 5.47. The number of nitriles is 1. The second-order valence-corrected chi connectivity index (χ2v) is 8.36. The predicted molar refractivity (Wildman–Crippen MR) is 128 cm³/mol. The number of hydrogen-bond acceptors (Lipinski definition) is 4. The van der Waals surface area contributed by atoms with Gasteiger partial charge in [-0.05, 0) is 43.5 Å². The van der Waals surface area contributed by atoms with Crippen molar-refractivity contribution < 1.29 is 4.74 Å². The summed E-state index contributed by atoms with van der Waals surface area (Å²) < 4.78 is 10.0. The third-order valence-corrected chi connectivity index (χ3v) is 6.58. The van der Waals surface area contributed by atoms with Crippen molar-refractivity contribution in [3.63, 3.8) is 0 Å². The molecule has 1 aliphatic rings. The van der Waals surface area contributed by atoms with E-state index in [0.717, 1.165) is 54.1 Å². The van der Waals surface area contributed by atoms with Crippen molar-refractivity contribution >= 4 is 0 Å². The van der Waals surface area contributed by atoms with Crippen molar-refractivity contribution in [2.75, 3.05) is 7.11 Å². The molecule has 2 aromatic heterocycles. The molecule has 0 saturated carbocycles. The smallest absolute Gasteiger partial charge is 0.144 e. The molecule has 2 aromatic carbocycles. The Labute approximate surface area is 194 Å². The van der Waals surface area contributed by atoms with Gasteiger partial charge in [0.2, 0.25) is 0 Å². The highest BCUT2D eigenvalue weighted by Gasteiger charge is 2.32. The number of para-hydroxylation sites is 2. The summed E-state index contributed by atoms with van der Waals surface area (Å²) in [6.45, 7) is 4.36. The molecule has 2 heterocycles. The van der Waals surface area contributed by atoms with Crippen LogP contribution in [0, 0.1) is 11.3 Å². The molecule has 0 bridgehead atoms. The molecule has 0 aliphatic heterocycles. The average molecular weight is 438 g/mol. The minimum Gasteiger partial charge on any atom is -0.494 e. The lowest BCUT2D eigenvalue weighted by atomic mass is 10.0. The maximum absolute atomic E-state index is 9.25. The van der Waals surface area contributed by atoms with Crippen LogP contribution in [-0.2, 0) is 25.7 Å². The fourth-order valence-electron chi connectivity index (χ4n) is 5.00. The normalized spacial score (nSPS) is 14.8. The molecule has 5 rings (SSSR count). The Balaban J connectivity index is 1.63. The van der Waals surface area contributed by atoms with Crippen LogP contribution in [0.4, 0.5) is 0 Å². The summed E-state index contributed by atoms with van der Waals surface area (Å²) in [5.74, 6) is 0.778. The van der Waals surface area contributed by atoms with Crippen molar-refractivity contribution in [2.24, 2.45) is 0 Å². The van der Waals surface area contributed by atoms with Gasteiger partial charge in [-0.2, -0.15) is 10.4 Å². The SMILES string of the molecule is CCc1ncn([C@@H]2Cc3nn(-c4ccccc4OC)c(-c4ccc(C#N)cc4)c3C2)c1CC. The van der Waals surface area contributed by atoms with Gasteiger partial charge in [0.05, 0.1) is 42.2 Å². The first kappa shape index (κ1) is 21.0. The molecular weight excluding hydrogens is 410 g/mol. The van der Waals surface area contributed by atoms with E-state index < -0.39 is 0 Å². The van der Waals surface area contributed by atoms with E-state index in [9.17, 15) is 5.26 Å². The summed E-state index contributed by atoms with van der Waals surface area (Å²) in [7, 11) is 1.68. The standard InChI is InChI=1S/C27H27N5O/c1-4-22-24(5-2)31(17-29-22)20-14-21-23(15-20)30-32(25-8-6-7-9-26(25)33-3)27(21)19-12-10-18(16-28)11-13-19/h6-13,17,20H,4-5,14-15H2,1-3H3/t20-/m0/s1. The van der Waals surface area contributed by atoms with Crippen LogP contribution in [0.3, 0.4) is 0 Å². The monoisotopic (exact) mass is 437 g/mol. The minimum atomic E-state index is 0.315. The number of benzene rings is 2. The number of nitrogens with zero attached hydrogens (tertiary/aromatic N) is 5. The van der Waals surface area contributed by atoms with Crippen LogP contribution in [0.5, 0.6) is 5.75 Å². The topological polar surface area (TPSA) is 68.7 Å². The Morgan fingerprint density at radius 2 is 1.85 bits per heavy atom. The molecule has 6 nitrogen and oxygen atoms in total. The van der Waals surface area contributed by atoms with Gasteiger partial charge in [0.15, 0.2) is 0 Å². The summed E-state index contributed by atoms with van der Waals surface area (Å²) in [6.07, 6.45) is 5.69. The van der Waals surface area contributed by atoms with Gasteiger partial charge in [-0.15, -0.1) is 0 Å². The lowest BCUT2D eigenvalue weighted by Gasteiger charge is -2.18. The maximum Gasteiger partial charge on any atom is 0.144 e. The highest BCUT2D eigenvalue weighted by Crippen LogP contribution is 2.40. The van der Waals surface area contributed by atoms with Gasteiger partial charge in [0, 0.05) is 29.3 Å². The summed E-state index contributed by atoms with van der Waals surface area (Å²) in [5, 5.41) is 14.3. The zero-order valence-corrected chi connectivity index (χ0v) is 19.2. The van der Waals surface area contributed by atoms with E-state index in [1.54, 1.807) is 7.11 Å². The Bertz CT molecular complexity index is 1340. The van der Waals surface area contributed by atoms with Crippen LogP contribution in [0.1, 0.15) is 48.1 Å². The largest absolute Gasteiger partial charge is 0.494 e. The quantitative estimate of drug-likeness (QED) is 0.422. The van der Waals surface area contributed by atoms with E-state index in [1.165, 1.54) is 17.0 Å². The van der Waals surface area contributed by atoms with Gasteiger partial charge in [0.1, 0.15) is 11.4 Å². The van der Waals surface area contributed by atoms with Gasteiger partial charge < -0.3 is 9.30 Å². The van der Waals surface area contributed by atoms with E-state index in [2.05, 4.69) is 29.5 Å². The van der Waals surface area contributed by atoms with Gasteiger partial charge in [-0.3, -0.25) is 0 Å². The van der Waals surface area contributed by atoms with E-state index in [1.807, 2.05) is 59.5 Å². The van der Waals surface area contributed by atoms with Crippen LogP contribution < -0.4 is 4.74 Å². The highest BCUT2D eigenvalue weighted by atomic mass is 16.5. The average Bonchev–Trinajstić information content (AvgIpc) is 3.55. The van der Waals surface area contributed by atoms with Crippen molar-refractivity contribution in [3.8, 4) is 28.8 Å². The summed E-state index contributed by atoms with van der Waals surface area (Å²) in [4.78, 5) is 4.67. The molecule has 0 amide bonds. The molecule has 0 N–H and O–H groups in total. The van der Waals surface area contributed by atoms with Crippen LogP contribution in [0.2, 0.25) is 0 Å². The molecule has 33 heavy (non-hydrogen) atoms. The first-order valence-electron chi connectivity index (χ1n) is 11.5. The number of hydrogen-bond donors (Lipinski definition) is 0. The number of ether oxygens (including phenoxy) is 1. The molecule has 0 saturated heterocycles. The first-order chi connectivity index (χ1) is 16.2. The van der Waals surface area contributed by atoms with Gasteiger partial charge in [-0.1, -0.05) is 38.1 Å². The second kappa shape index (κ2) is 8.59. The van der Waals surface area contributed by atoms with Crippen LogP contribution in [-0.4, -0.2) is 26.4 Å². The molecule has 0 unspecified atom stereocenters. The molecular formula is C27H27N5O. The third-order valence-electron chi connectivity index (χ3n) is 6.58. The zero-order chi connectivity index (χ0) is 22.9. The van der Waals surface area contributed by atoms with Gasteiger partial charge in [-0.25, -0.2) is 9.67 Å². The van der Waals surface area contributed by atoms with Crippen LogP contribution in [0.15, 0.2) is 54.9 Å². The Hall–Kier alpha value is -3.85. The maximum atomic E-state index is 9.25. The lowest BCUT2D eigenvalue weighted by molar-refractivity contribution is 0.411. The van der Waals surface area contributed by atoms with E-state index >= 15 is 0 Å². The van der Waals surface area contributed by atoms with Crippen molar-refractivity contribution in [3.05, 3.63) is 83.1 Å².